The summed E-state index contributed by atoms with van der Waals surface area (Å²) in [6.07, 6.45) is -0.770. The van der Waals surface area contributed by atoms with Gasteiger partial charge in [-0.05, 0) is 18.6 Å². The van der Waals surface area contributed by atoms with Gasteiger partial charge in [0.15, 0.2) is 6.10 Å². The highest BCUT2D eigenvalue weighted by Gasteiger charge is 2.30. The summed E-state index contributed by atoms with van der Waals surface area (Å²) in [5.74, 6) is -1.04. The van der Waals surface area contributed by atoms with Gasteiger partial charge in [-0.15, -0.1) is 0 Å². The van der Waals surface area contributed by atoms with Gasteiger partial charge < -0.3 is 20.4 Å². The van der Waals surface area contributed by atoms with E-state index in [0.29, 0.717) is 24.3 Å². The van der Waals surface area contributed by atoms with Crippen molar-refractivity contribution in [1.82, 2.24) is 0 Å². The summed E-state index contributed by atoms with van der Waals surface area (Å²) in [5, 5.41) is 20.8. The first-order valence-corrected chi connectivity index (χ1v) is 5.69. The number of anilines is 2. The van der Waals surface area contributed by atoms with Gasteiger partial charge in [-0.1, -0.05) is 0 Å². The summed E-state index contributed by atoms with van der Waals surface area (Å²) in [4.78, 5) is 12.9. The van der Waals surface area contributed by atoms with Crippen LogP contribution in [-0.4, -0.2) is 36.3 Å². The van der Waals surface area contributed by atoms with E-state index in [1.54, 1.807) is 11.9 Å². The fourth-order valence-corrected chi connectivity index (χ4v) is 1.97. The molecule has 1 aromatic carbocycles. The fourth-order valence-electron chi connectivity index (χ4n) is 1.97. The number of aliphatic hydroxyl groups excluding tert-OH is 2. The Balaban J connectivity index is 2.29. The molecule has 0 bridgehead atoms. The average molecular weight is 254 g/mol. The number of fused-ring (bicyclic) bond motifs is 1. The van der Waals surface area contributed by atoms with E-state index in [9.17, 15) is 14.3 Å². The Labute approximate surface area is 104 Å². The zero-order chi connectivity index (χ0) is 13.3. The first kappa shape index (κ1) is 12.8. The summed E-state index contributed by atoms with van der Waals surface area (Å²) in [5.41, 5.74) is 1.02. The fraction of sp³-hybridized carbons (Fsp3) is 0.417. The van der Waals surface area contributed by atoms with Crippen LogP contribution in [0.15, 0.2) is 12.1 Å². The van der Waals surface area contributed by atoms with Gasteiger partial charge in [0.1, 0.15) is 5.82 Å². The molecule has 0 radical (unpaired) electrons. The second kappa shape index (κ2) is 4.91. The van der Waals surface area contributed by atoms with Crippen molar-refractivity contribution >= 4 is 17.3 Å². The molecule has 1 aromatic rings. The van der Waals surface area contributed by atoms with Gasteiger partial charge in [-0.2, -0.15) is 0 Å². The lowest BCUT2D eigenvalue weighted by Crippen LogP contribution is -2.20. The molecule has 1 aliphatic rings. The highest BCUT2D eigenvalue weighted by atomic mass is 19.1. The van der Waals surface area contributed by atoms with Crippen LogP contribution in [0.25, 0.3) is 0 Å². The standard InChI is InChI=1S/C12H15FN2O3/c1-15(3-2-4-16)10-6-9-7(5-8(10)13)11(17)12(18)14-9/h5-6,11,16-17H,2-4H2,1H3,(H,14,18). The third kappa shape index (κ3) is 2.16. The van der Waals surface area contributed by atoms with Crippen LogP contribution in [0.1, 0.15) is 18.1 Å². The van der Waals surface area contributed by atoms with Crippen LogP contribution in [0.4, 0.5) is 15.8 Å². The monoisotopic (exact) mass is 254 g/mol. The van der Waals surface area contributed by atoms with E-state index < -0.39 is 17.8 Å². The molecular formula is C12H15FN2O3. The number of nitrogens with one attached hydrogen (secondary N) is 1. The average Bonchev–Trinajstić information content (AvgIpc) is 2.62. The topological polar surface area (TPSA) is 72.8 Å². The maximum Gasteiger partial charge on any atom is 0.257 e. The minimum Gasteiger partial charge on any atom is -0.396 e. The van der Waals surface area contributed by atoms with Crippen LogP contribution in [-0.2, 0) is 4.79 Å². The number of amides is 1. The highest BCUT2D eigenvalue weighted by molar-refractivity contribution is 6.02. The van der Waals surface area contributed by atoms with Crippen molar-refractivity contribution in [3.05, 3.63) is 23.5 Å². The van der Waals surface area contributed by atoms with E-state index in [1.165, 1.54) is 12.1 Å². The highest BCUT2D eigenvalue weighted by Crippen LogP contribution is 2.35. The van der Waals surface area contributed by atoms with E-state index in [1.807, 2.05) is 0 Å². The number of carbonyl (C=O) groups excluding carboxylic acids is 1. The molecular weight excluding hydrogens is 239 g/mol. The van der Waals surface area contributed by atoms with Gasteiger partial charge in [0, 0.05) is 31.5 Å². The van der Waals surface area contributed by atoms with Crippen LogP contribution >= 0.6 is 0 Å². The summed E-state index contributed by atoms with van der Waals surface area (Å²) < 4.78 is 13.9. The zero-order valence-electron chi connectivity index (χ0n) is 9.98. The summed E-state index contributed by atoms with van der Waals surface area (Å²) in [7, 11) is 1.70. The first-order chi connectivity index (χ1) is 8.54. The number of halogens is 1. The normalized spacial score (nSPS) is 17.6. The molecule has 1 atom stereocenters. The largest absolute Gasteiger partial charge is 0.396 e. The van der Waals surface area contributed by atoms with Crippen LogP contribution in [0.2, 0.25) is 0 Å². The molecule has 98 valence electrons. The lowest BCUT2D eigenvalue weighted by Gasteiger charge is -2.20. The van der Waals surface area contributed by atoms with Crippen molar-refractivity contribution < 1.29 is 19.4 Å². The zero-order valence-corrected chi connectivity index (χ0v) is 9.98. The molecule has 1 heterocycles. The van der Waals surface area contributed by atoms with Gasteiger partial charge in [-0.25, -0.2) is 4.39 Å². The minimum atomic E-state index is -1.30. The van der Waals surface area contributed by atoms with Crippen LogP contribution in [0.5, 0.6) is 0 Å². The predicted octanol–water partition coefficient (Wildman–Crippen LogP) is 0.630. The predicted molar refractivity (Wildman–Crippen MR) is 65.0 cm³/mol. The number of aliphatic hydroxyl groups is 2. The second-order valence-corrected chi connectivity index (χ2v) is 4.28. The van der Waals surface area contributed by atoms with Gasteiger partial charge in [0.2, 0.25) is 0 Å². The molecule has 0 saturated carbocycles. The molecule has 0 fully saturated rings. The van der Waals surface area contributed by atoms with E-state index in [4.69, 9.17) is 5.11 Å². The Morgan fingerprint density at radius 2 is 2.22 bits per heavy atom. The van der Waals surface area contributed by atoms with E-state index in [2.05, 4.69) is 5.32 Å². The quantitative estimate of drug-likeness (QED) is 0.737. The van der Waals surface area contributed by atoms with Crippen molar-refractivity contribution in [2.45, 2.75) is 12.5 Å². The van der Waals surface area contributed by atoms with Crippen molar-refractivity contribution in [3.63, 3.8) is 0 Å². The Morgan fingerprint density at radius 3 is 2.89 bits per heavy atom. The SMILES string of the molecule is CN(CCCO)c1cc2c(cc1F)C(O)C(=O)N2. The molecule has 0 aliphatic carbocycles. The second-order valence-electron chi connectivity index (χ2n) is 4.28. The van der Waals surface area contributed by atoms with Crippen molar-refractivity contribution in [3.8, 4) is 0 Å². The molecule has 18 heavy (non-hydrogen) atoms. The molecule has 3 N–H and O–H groups in total. The molecule has 1 aliphatic heterocycles. The summed E-state index contributed by atoms with van der Waals surface area (Å²) in [6, 6.07) is 2.67. The van der Waals surface area contributed by atoms with Crippen LogP contribution < -0.4 is 10.2 Å². The first-order valence-electron chi connectivity index (χ1n) is 5.69. The van der Waals surface area contributed by atoms with Gasteiger partial charge >= 0.3 is 0 Å². The van der Waals surface area contributed by atoms with E-state index in [-0.39, 0.29) is 12.2 Å². The number of hydrogen-bond acceptors (Lipinski definition) is 4. The molecule has 1 amide bonds. The van der Waals surface area contributed by atoms with Gasteiger partial charge in [-0.3, -0.25) is 4.79 Å². The molecule has 0 saturated heterocycles. The lowest BCUT2D eigenvalue weighted by molar-refractivity contribution is -0.123. The van der Waals surface area contributed by atoms with Gasteiger partial charge in [0.05, 0.1) is 5.69 Å². The maximum atomic E-state index is 13.9. The Bertz CT molecular complexity index is 479. The minimum absolute atomic E-state index is 0.0341. The van der Waals surface area contributed by atoms with Crippen LogP contribution in [0, 0.1) is 5.82 Å². The number of nitrogens with zero attached hydrogens (tertiary/aromatic N) is 1. The molecule has 1 unspecified atom stereocenters. The third-order valence-corrected chi connectivity index (χ3v) is 2.98. The van der Waals surface area contributed by atoms with Crippen molar-refractivity contribution in [1.29, 1.82) is 0 Å². The molecule has 0 aromatic heterocycles. The Kier molecular flexibility index (Phi) is 3.49. The summed E-state index contributed by atoms with van der Waals surface area (Å²) in [6.45, 7) is 0.537. The number of carbonyl (C=O) groups is 1. The van der Waals surface area contributed by atoms with Crippen molar-refractivity contribution in [2.24, 2.45) is 0 Å². The van der Waals surface area contributed by atoms with Gasteiger partial charge in [0.25, 0.3) is 5.91 Å². The molecule has 5 nitrogen and oxygen atoms in total. The number of benzene rings is 1. The van der Waals surface area contributed by atoms with Crippen molar-refractivity contribution in [2.75, 3.05) is 30.4 Å². The Morgan fingerprint density at radius 1 is 1.50 bits per heavy atom. The lowest BCUT2D eigenvalue weighted by atomic mass is 10.1. The summed E-state index contributed by atoms with van der Waals surface area (Å²) >= 11 is 0. The molecule has 2 rings (SSSR count). The number of hydrogen-bond donors (Lipinski definition) is 3. The Hall–Kier alpha value is -1.66. The van der Waals surface area contributed by atoms with E-state index in [0.717, 1.165) is 0 Å². The maximum absolute atomic E-state index is 13.9. The molecule has 6 heteroatoms. The smallest absolute Gasteiger partial charge is 0.257 e. The molecule has 0 spiro atoms. The third-order valence-electron chi connectivity index (χ3n) is 2.98. The number of rotatable bonds is 4. The van der Waals surface area contributed by atoms with E-state index >= 15 is 0 Å². The van der Waals surface area contributed by atoms with Crippen LogP contribution in [0.3, 0.4) is 0 Å².